The Morgan fingerprint density at radius 2 is 1.83 bits per heavy atom. The summed E-state index contributed by atoms with van der Waals surface area (Å²) in [7, 11) is -0.236. The predicted octanol–water partition coefficient (Wildman–Crippen LogP) is 1.40. The van der Waals surface area contributed by atoms with Crippen molar-refractivity contribution in [2.75, 3.05) is 13.2 Å². The molecule has 0 atom stereocenters. The Labute approximate surface area is 109 Å². The number of nitrogens with two attached hydrogens (primary N) is 1. The summed E-state index contributed by atoms with van der Waals surface area (Å²) in [4.78, 5) is 0. The van der Waals surface area contributed by atoms with Crippen LogP contribution in [0.1, 0.15) is 32.3 Å². The molecule has 18 heavy (non-hydrogen) atoms. The van der Waals surface area contributed by atoms with E-state index in [1.54, 1.807) is 0 Å². The highest BCUT2D eigenvalue weighted by Crippen LogP contribution is 2.42. The lowest BCUT2D eigenvalue weighted by atomic mass is 9.75. The van der Waals surface area contributed by atoms with Crippen LogP contribution in [0.15, 0.2) is 24.3 Å². The van der Waals surface area contributed by atoms with Crippen molar-refractivity contribution >= 4 is 12.6 Å². The Bertz CT molecular complexity index is 447. The van der Waals surface area contributed by atoms with Crippen LogP contribution < -0.4 is 11.2 Å². The van der Waals surface area contributed by atoms with Crippen molar-refractivity contribution in [3.8, 4) is 0 Å². The number of benzene rings is 1. The summed E-state index contributed by atoms with van der Waals surface area (Å²) >= 11 is 0. The highest BCUT2D eigenvalue weighted by Gasteiger charge is 2.41. The van der Waals surface area contributed by atoms with Crippen molar-refractivity contribution in [2.45, 2.75) is 32.2 Å². The molecule has 1 aliphatic carbocycles. The average molecular weight is 245 g/mol. The van der Waals surface area contributed by atoms with Crippen molar-refractivity contribution < 1.29 is 9.31 Å². The minimum Gasteiger partial charge on any atom is -0.407 e. The molecule has 2 N–H and O–H groups in total. The third-order valence-corrected chi connectivity index (χ3v) is 3.77. The molecule has 2 aliphatic rings. The highest BCUT2D eigenvalue weighted by atomic mass is 16.6. The van der Waals surface area contributed by atoms with Crippen LogP contribution in [0, 0.1) is 5.41 Å². The van der Waals surface area contributed by atoms with Crippen LogP contribution in [-0.2, 0) is 14.8 Å². The summed E-state index contributed by atoms with van der Waals surface area (Å²) in [5.74, 6) is 0. The van der Waals surface area contributed by atoms with Gasteiger partial charge in [-0.15, -0.1) is 0 Å². The minimum absolute atomic E-state index is 0.0933. The van der Waals surface area contributed by atoms with Crippen LogP contribution in [0.4, 0.5) is 0 Å². The zero-order chi connectivity index (χ0) is 12.8. The van der Waals surface area contributed by atoms with Crippen molar-refractivity contribution in [3.63, 3.8) is 0 Å². The van der Waals surface area contributed by atoms with E-state index >= 15 is 0 Å². The van der Waals surface area contributed by atoms with Gasteiger partial charge in [0.25, 0.3) is 0 Å². The van der Waals surface area contributed by atoms with Gasteiger partial charge in [-0.2, -0.15) is 0 Å². The maximum Gasteiger partial charge on any atom is 0.493 e. The lowest BCUT2D eigenvalue weighted by Gasteiger charge is -2.33. The van der Waals surface area contributed by atoms with Crippen LogP contribution in [0.3, 0.4) is 0 Å². The highest BCUT2D eigenvalue weighted by molar-refractivity contribution is 6.61. The first-order chi connectivity index (χ1) is 8.49. The van der Waals surface area contributed by atoms with Gasteiger partial charge in [0.2, 0.25) is 0 Å². The predicted molar refractivity (Wildman–Crippen MR) is 72.6 cm³/mol. The topological polar surface area (TPSA) is 44.5 Å². The molecule has 1 aromatic rings. The third kappa shape index (κ3) is 2.33. The summed E-state index contributed by atoms with van der Waals surface area (Å²) in [6.07, 6.45) is 2.16. The number of hydrogen-bond donors (Lipinski definition) is 1. The maximum atomic E-state index is 6.23. The van der Waals surface area contributed by atoms with Gasteiger partial charge in [-0.05, 0) is 23.9 Å². The van der Waals surface area contributed by atoms with Gasteiger partial charge in [0.05, 0.1) is 0 Å². The first kappa shape index (κ1) is 12.2. The van der Waals surface area contributed by atoms with E-state index in [0.29, 0.717) is 0 Å². The largest absolute Gasteiger partial charge is 0.493 e. The summed E-state index contributed by atoms with van der Waals surface area (Å²) in [5, 5.41) is 0. The van der Waals surface area contributed by atoms with E-state index in [-0.39, 0.29) is 18.1 Å². The van der Waals surface area contributed by atoms with Gasteiger partial charge < -0.3 is 15.0 Å². The molecule has 3 rings (SSSR count). The van der Waals surface area contributed by atoms with Gasteiger partial charge >= 0.3 is 7.12 Å². The second kappa shape index (κ2) is 4.09. The quantitative estimate of drug-likeness (QED) is 0.801. The third-order valence-electron chi connectivity index (χ3n) is 3.77. The van der Waals surface area contributed by atoms with E-state index < -0.39 is 0 Å². The van der Waals surface area contributed by atoms with Crippen LogP contribution in [0.5, 0.6) is 0 Å². The Kier molecular flexibility index (Phi) is 2.77. The molecule has 0 aromatic heterocycles. The van der Waals surface area contributed by atoms with Crippen LogP contribution in [0.25, 0.3) is 0 Å². The van der Waals surface area contributed by atoms with Gasteiger partial charge in [-0.3, -0.25) is 0 Å². The number of hydrogen-bond acceptors (Lipinski definition) is 3. The van der Waals surface area contributed by atoms with Crippen LogP contribution in [-0.4, -0.2) is 20.3 Å². The second-order valence-corrected chi connectivity index (χ2v) is 6.40. The fraction of sp³-hybridized carbons (Fsp3) is 0.571. The molecule has 96 valence electrons. The SMILES string of the molecule is CC1(C)COB(c2cccc(C3(N)CC3)c2)OC1. The van der Waals surface area contributed by atoms with Crippen molar-refractivity contribution in [1.29, 1.82) is 0 Å². The molecule has 1 aromatic carbocycles. The van der Waals surface area contributed by atoms with Gasteiger partial charge in [-0.1, -0.05) is 38.1 Å². The van der Waals surface area contributed by atoms with E-state index in [9.17, 15) is 0 Å². The van der Waals surface area contributed by atoms with E-state index in [0.717, 1.165) is 31.5 Å². The molecule has 0 unspecified atom stereocenters. The van der Waals surface area contributed by atoms with Crippen LogP contribution >= 0.6 is 0 Å². The summed E-state index contributed by atoms with van der Waals surface area (Å²) < 4.78 is 11.6. The van der Waals surface area contributed by atoms with Gasteiger partial charge in [-0.25, -0.2) is 0 Å². The molecular formula is C14H20BNO2. The molecule has 0 amide bonds. The Morgan fingerprint density at radius 3 is 2.44 bits per heavy atom. The molecule has 2 fully saturated rings. The first-order valence-electron chi connectivity index (χ1n) is 6.61. The summed E-state index contributed by atoms with van der Waals surface area (Å²) in [6, 6.07) is 8.33. The second-order valence-electron chi connectivity index (χ2n) is 6.40. The van der Waals surface area contributed by atoms with Crippen molar-refractivity contribution in [1.82, 2.24) is 0 Å². The maximum absolute atomic E-state index is 6.23. The monoisotopic (exact) mass is 245 g/mol. The standard InChI is InChI=1S/C14H20BNO2/c1-13(2)9-17-15(18-10-13)12-5-3-4-11(8-12)14(16)6-7-14/h3-5,8H,6-7,9-10,16H2,1-2H3. The van der Waals surface area contributed by atoms with Crippen LogP contribution in [0.2, 0.25) is 0 Å². The molecule has 1 saturated carbocycles. The molecule has 1 aliphatic heterocycles. The zero-order valence-electron chi connectivity index (χ0n) is 11.1. The Balaban J connectivity index is 1.77. The summed E-state index contributed by atoms with van der Waals surface area (Å²) in [6.45, 7) is 5.77. The smallest absolute Gasteiger partial charge is 0.407 e. The zero-order valence-corrected chi connectivity index (χ0v) is 11.1. The van der Waals surface area contributed by atoms with E-state index in [1.807, 2.05) is 6.07 Å². The average Bonchev–Trinajstić information content (AvgIpc) is 3.09. The molecule has 3 nitrogen and oxygen atoms in total. The molecular weight excluding hydrogens is 225 g/mol. The Hall–Kier alpha value is -0.835. The Morgan fingerprint density at radius 1 is 1.17 bits per heavy atom. The van der Waals surface area contributed by atoms with Gasteiger partial charge in [0.1, 0.15) is 0 Å². The molecule has 0 bridgehead atoms. The lowest BCUT2D eigenvalue weighted by Crippen LogP contribution is -2.47. The first-order valence-corrected chi connectivity index (χ1v) is 6.61. The fourth-order valence-electron chi connectivity index (χ4n) is 2.30. The van der Waals surface area contributed by atoms with Gasteiger partial charge in [0.15, 0.2) is 0 Å². The van der Waals surface area contributed by atoms with E-state index in [1.165, 1.54) is 5.56 Å². The van der Waals surface area contributed by atoms with Crippen molar-refractivity contribution in [2.24, 2.45) is 11.1 Å². The molecule has 1 saturated heterocycles. The molecule has 1 heterocycles. The van der Waals surface area contributed by atoms with E-state index in [2.05, 4.69) is 32.0 Å². The lowest BCUT2D eigenvalue weighted by molar-refractivity contribution is 0.0343. The normalized spacial score (nSPS) is 24.9. The fourth-order valence-corrected chi connectivity index (χ4v) is 2.30. The van der Waals surface area contributed by atoms with E-state index in [4.69, 9.17) is 15.0 Å². The molecule has 0 radical (unpaired) electrons. The summed E-state index contributed by atoms with van der Waals surface area (Å²) in [5.41, 5.74) is 8.53. The minimum atomic E-state index is -0.236. The molecule has 4 heteroatoms. The molecule has 0 spiro atoms. The van der Waals surface area contributed by atoms with Crippen molar-refractivity contribution in [3.05, 3.63) is 29.8 Å². The van der Waals surface area contributed by atoms with Gasteiger partial charge in [0, 0.05) is 24.2 Å². The number of rotatable bonds is 2.